The Morgan fingerprint density at radius 1 is 1.34 bits per heavy atom. The molecule has 1 saturated heterocycles. The van der Waals surface area contributed by atoms with E-state index in [0.29, 0.717) is 21.6 Å². The molecule has 3 heterocycles. The fraction of sp³-hybridized carbons (Fsp3) is 0.409. The molecule has 0 bridgehead atoms. The second-order valence-corrected chi connectivity index (χ2v) is 7.82. The summed E-state index contributed by atoms with van der Waals surface area (Å²) in [6.45, 7) is 4.78. The van der Waals surface area contributed by atoms with Gasteiger partial charge in [-0.3, -0.25) is 4.79 Å². The number of likely N-dealkylation sites (tertiary alicyclic amines) is 1. The SMILES string of the molecule is CC[C@@H]1CCCCN1C(=O)c1cnc2c(c(C)nn2-c2cccc(OC)c2)c1Cl. The summed E-state index contributed by atoms with van der Waals surface area (Å²) in [5, 5.41) is 5.77. The van der Waals surface area contributed by atoms with Gasteiger partial charge < -0.3 is 9.64 Å². The van der Waals surface area contributed by atoms with Crippen molar-refractivity contribution in [2.45, 2.75) is 45.6 Å². The lowest BCUT2D eigenvalue weighted by Gasteiger charge is -2.35. The van der Waals surface area contributed by atoms with Gasteiger partial charge in [0.1, 0.15) is 5.75 Å². The fourth-order valence-electron chi connectivity index (χ4n) is 4.13. The van der Waals surface area contributed by atoms with Crippen LogP contribution in [0.5, 0.6) is 5.75 Å². The molecule has 1 aliphatic heterocycles. The maximum absolute atomic E-state index is 13.3. The van der Waals surface area contributed by atoms with Crippen LogP contribution in [0.4, 0.5) is 0 Å². The number of aromatic nitrogens is 3. The van der Waals surface area contributed by atoms with E-state index >= 15 is 0 Å². The minimum absolute atomic E-state index is 0.0375. The molecule has 2 aromatic heterocycles. The van der Waals surface area contributed by atoms with Gasteiger partial charge in [0.25, 0.3) is 5.91 Å². The van der Waals surface area contributed by atoms with Crippen molar-refractivity contribution < 1.29 is 9.53 Å². The number of hydrogen-bond donors (Lipinski definition) is 0. The minimum atomic E-state index is -0.0375. The van der Waals surface area contributed by atoms with Crippen molar-refractivity contribution in [1.82, 2.24) is 19.7 Å². The van der Waals surface area contributed by atoms with Crippen LogP contribution in [0.2, 0.25) is 5.02 Å². The Kier molecular flexibility index (Phi) is 5.46. The maximum Gasteiger partial charge on any atom is 0.257 e. The van der Waals surface area contributed by atoms with Gasteiger partial charge in [-0.25, -0.2) is 9.67 Å². The molecular weight excluding hydrogens is 388 g/mol. The molecule has 1 aliphatic rings. The molecule has 0 radical (unpaired) electrons. The van der Waals surface area contributed by atoms with Crippen molar-refractivity contribution >= 4 is 28.5 Å². The van der Waals surface area contributed by atoms with E-state index in [1.54, 1.807) is 18.0 Å². The lowest BCUT2D eigenvalue weighted by atomic mass is 9.99. The van der Waals surface area contributed by atoms with E-state index in [-0.39, 0.29) is 11.9 Å². The average molecular weight is 413 g/mol. The van der Waals surface area contributed by atoms with Gasteiger partial charge in [0.15, 0.2) is 5.65 Å². The first-order valence-electron chi connectivity index (χ1n) is 10.0. The first kappa shape index (κ1) is 19.7. The van der Waals surface area contributed by atoms with Crippen LogP contribution in [0.15, 0.2) is 30.5 Å². The van der Waals surface area contributed by atoms with Gasteiger partial charge in [-0.2, -0.15) is 5.10 Å². The summed E-state index contributed by atoms with van der Waals surface area (Å²) in [6, 6.07) is 7.87. The van der Waals surface area contributed by atoms with Crippen LogP contribution in [0.3, 0.4) is 0 Å². The number of piperidine rings is 1. The van der Waals surface area contributed by atoms with Crippen LogP contribution in [-0.2, 0) is 0 Å². The molecule has 0 aliphatic carbocycles. The Bertz CT molecular complexity index is 1060. The van der Waals surface area contributed by atoms with Crippen LogP contribution in [0.25, 0.3) is 16.7 Å². The maximum atomic E-state index is 13.3. The summed E-state index contributed by atoms with van der Waals surface area (Å²) >= 11 is 6.75. The van der Waals surface area contributed by atoms with Gasteiger partial charge >= 0.3 is 0 Å². The fourth-order valence-corrected chi connectivity index (χ4v) is 4.48. The van der Waals surface area contributed by atoms with Gasteiger partial charge in [0, 0.05) is 24.8 Å². The zero-order valence-corrected chi connectivity index (χ0v) is 17.7. The second-order valence-electron chi connectivity index (χ2n) is 7.44. The molecule has 6 nitrogen and oxygen atoms in total. The highest BCUT2D eigenvalue weighted by Gasteiger charge is 2.29. The number of methoxy groups -OCH3 is 1. The summed E-state index contributed by atoms with van der Waals surface area (Å²) in [5.74, 6) is 0.696. The lowest BCUT2D eigenvalue weighted by molar-refractivity contribution is 0.0608. The van der Waals surface area contributed by atoms with E-state index < -0.39 is 0 Å². The Hall–Kier alpha value is -2.60. The van der Waals surface area contributed by atoms with Gasteiger partial charge in [-0.05, 0) is 44.7 Å². The van der Waals surface area contributed by atoms with Crippen LogP contribution in [0, 0.1) is 6.92 Å². The first-order valence-corrected chi connectivity index (χ1v) is 10.4. The van der Waals surface area contributed by atoms with Crippen molar-refractivity contribution in [2.75, 3.05) is 13.7 Å². The molecule has 0 unspecified atom stereocenters. The molecule has 0 saturated carbocycles. The molecule has 4 rings (SSSR count). The van der Waals surface area contributed by atoms with Crippen molar-refractivity contribution in [2.24, 2.45) is 0 Å². The molecule has 152 valence electrons. The topological polar surface area (TPSA) is 60.2 Å². The summed E-state index contributed by atoms with van der Waals surface area (Å²) in [4.78, 5) is 19.8. The summed E-state index contributed by atoms with van der Waals surface area (Å²) < 4.78 is 7.06. The molecule has 1 aromatic carbocycles. The summed E-state index contributed by atoms with van der Waals surface area (Å²) in [7, 11) is 1.63. The van der Waals surface area contributed by atoms with Crippen molar-refractivity contribution in [1.29, 1.82) is 0 Å². The van der Waals surface area contributed by atoms with E-state index in [2.05, 4.69) is 17.0 Å². The van der Waals surface area contributed by atoms with E-state index in [0.717, 1.165) is 42.9 Å². The number of nitrogens with zero attached hydrogens (tertiary/aromatic N) is 4. The number of pyridine rings is 1. The largest absolute Gasteiger partial charge is 0.497 e. The van der Waals surface area contributed by atoms with Gasteiger partial charge in [0.05, 0.1) is 34.5 Å². The molecule has 29 heavy (non-hydrogen) atoms. The number of rotatable bonds is 4. The number of ether oxygens (including phenoxy) is 1. The first-order chi connectivity index (χ1) is 14.0. The van der Waals surface area contributed by atoms with Crippen molar-refractivity contribution in [3.05, 3.63) is 46.7 Å². The number of benzene rings is 1. The zero-order chi connectivity index (χ0) is 20.5. The van der Waals surface area contributed by atoms with Gasteiger partial charge in [0.2, 0.25) is 0 Å². The predicted octanol–water partition coefficient (Wildman–Crippen LogP) is 4.80. The van der Waals surface area contributed by atoms with Gasteiger partial charge in [-0.1, -0.05) is 24.6 Å². The Morgan fingerprint density at radius 2 is 2.17 bits per heavy atom. The number of hydrogen-bond acceptors (Lipinski definition) is 4. The smallest absolute Gasteiger partial charge is 0.257 e. The summed E-state index contributed by atoms with van der Waals surface area (Å²) in [6.07, 6.45) is 5.78. The Balaban J connectivity index is 1.78. The monoisotopic (exact) mass is 412 g/mol. The van der Waals surface area contributed by atoms with Gasteiger partial charge in [-0.15, -0.1) is 0 Å². The summed E-state index contributed by atoms with van der Waals surface area (Å²) in [5.41, 5.74) is 2.64. The number of halogens is 1. The van der Waals surface area contributed by atoms with E-state index in [4.69, 9.17) is 16.3 Å². The highest BCUT2D eigenvalue weighted by atomic mass is 35.5. The third-order valence-corrected chi connectivity index (χ3v) is 6.09. The third kappa shape index (κ3) is 3.46. The number of carbonyl (C=O) groups excluding carboxylic acids is 1. The normalized spacial score (nSPS) is 17.0. The standard InChI is InChI=1S/C22H25ClN4O2/c1-4-15-8-5-6-11-26(15)22(28)18-13-24-21-19(20(18)23)14(2)25-27(21)16-9-7-10-17(12-16)29-3/h7,9-10,12-13,15H,4-6,8,11H2,1-3H3/t15-/m1/s1. The molecular formula is C22H25ClN4O2. The minimum Gasteiger partial charge on any atom is -0.497 e. The number of aryl methyl sites for hydroxylation is 1. The average Bonchev–Trinajstić information content (AvgIpc) is 3.10. The molecule has 3 aromatic rings. The number of amides is 1. The van der Waals surface area contributed by atoms with Crippen molar-refractivity contribution in [3.63, 3.8) is 0 Å². The second kappa shape index (κ2) is 8.03. The lowest BCUT2D eigenvalue weighted by Crippen LogP contribution is -2.43. The number of carbonyl (C=O) groups is 1. The molecule has 0 N–H and O–H groups in total. The highest BCUT2D eigenvalue weighted by molar-refractivity contribution is 6.38. The Morgan fingerprint density at radius 3 is 2.93 bits per heavy atom. The van der Waals surface area contributed by atoms with E-state index in [1.165, 1.54) is 6.42 Å². The molecule has 1 atom stereocenters. The molecule has 1 amide bonds. The van der Waals surface area contributed by atoms with E-state index in [1.807, 2.05) is 36.1 Å². The predicted molar refractivity (Wildman–Crippen MR) is 114 cm³/mol. The van der Waals surface area contributed by atoms with Crippen LogP contribution in [-0.4, -0.2) is 45.3 Å². The molecule has 0 spiro atoms. The van der Waals surface area contributed by atoms with Crippen LogP contribution < -0.4 is 4.74 Å². The third-order valence-electron chi connectivity index (χ3n) is 5.70. The van der Waals surface area contributed by atoms with E-state index in [9.17, 15) is 4.79 Å². The quantitative estimate of drug-likeness (QED) is 0.617. The molecule has 7 heteroatoms. The molecule has 1 fully saturated rings. The highest BCUT2D eigenvalue weighted by Crippen LogP contribution is 2.32. The zero-order valence-electron chi connectivity index (χ0n) is 17.0. The Labute approximate surface area is 175 Å². The van der Waals surface area contributed by atoms with Crippen LogP contribution >= 0.6 is 11.6 Å². The van der Waals surface area contributed by atoms with Crippen LogP contribution in [0.1, 0.15) is 48.7 Å². The number of fused-ring (bicyclic) bond motifs is 1. The van der Waals surface area contributed by atoms with Crippen molar-refractivity contribution in [3.8, 4) is 11.4 Å².